The van der Waals surface area contributed by atoms with Gasteiger partial charge in [0.2, 0.25) is 6.10 Å². The van der Waals surface area contributed by atoms with Crippen molar-refractivity contribution in [2.24, 2.45) is 0 Å². The number of carbonyl (C=O) groups excluding carboxylic acids is 1. The molecule has 2 aliphatic rings. The van der Waals surface area contributed by atoms with E-state index in [4.69, 9.17) is 20.3 Å². The Morgan fingerprint density at radius 3 is 2.90 bits per heavy atom. The van der Waals surface area contributed by atoms with E-state index in [0.717, 1.165) is 4.57 Å². The Kier molecular flexibility index (Phi) is 2.66. The van der Waals surface area contributed by atoms with Gasteiger partial charge in [0.15, 0.2) is 12.3 Å². The minimum absolute atomic E-state index is 0.0193. The number of carbonyl (C=O) groups is 1. The highest BCUT2D eigenvalue weighted by atomic mass is 19.2. The number of ether oxygens (including phenoxy) is 3. The molecule has 2 fully saturated rings. The van der Waals surface area contributed by atoms with Gasteiger partial charge in [0.25, 0.3) is 5.85 Å². The highest BCUT2D eigenvalue weighted by molar-refractivity contribution is 5.63. The van der Waals surface area contributed by atoms with Gasteiger partial charge in [0, 0.05) is 6.20 Å². The van der Waals surface area contributed by atoms with Crippen molar-refractivity contribution in [3.63, 3.8) is 0 Å². The second-order valence-electron chi connectivity index (χ2n) is 4.37. The minimum atomic E-state index is -2.65. The van der Waals surface area contributed by atoms with E-state index in [2.05, 4.69) is 9.72 Å². The first-order valence-corrected chi connectivity index (χ1v) is 5.64. The molecule has 2 aliphatic heterocycles. The Bertz CT molecular complexity index is 621. The predicted octanol–water partition coefficient (Wildman–Crippen LogP) is -1.08. The number of aromatic nitrogens is 2. The lowest BCUT2D eigenvalue weighted by Gasteiger charge is -2.21. The molecule has 0 bridgehead atoms. The quantitative estimate of drug-likeness (QED) is 0.657. The van der Waals surface area contributed by atoms with Crippen molar-refractivity contribution in [3.05, 3.63) is 22.7 Å². The maximum absolute atomic E-state index is 14.3. The number of nitrogen functional groups attached to an aromatic ring is 1. The number of aliphatic hydroxyl groups is 1. The largest absolute Gasteiger partial charge is 0.509 e. The van der Waals surface area contributed by atoms with Crippen molar-refractivity contribution in [1.82, 2.24) is 9.55 Å². The van der Waals surface area contributed by atoms with Gasteiger partial charge >= 0.3 is 11.8 Å². The number of hydrogen-bond acceptors (Lipinski definition) is 8. The van der Waals surface area contributed by atoms with Crippen LogP contribution in [0.1, 0.15) is 6.23 Å². The van der Waals surface area contributed by atoms with Crippen molar-refractivity contribution < 1.29 is 28.5 Å². The maximum Gasteiger partial charge on any atom is 0.509 e. The van der Waals surface area contributed by atoms with Crippen LogP contribution in [0.25, 0.3) is 0 Å². The molecule has 0 spiro atoms. The van der Waals surface area contributed by atoms with Crippen molar-refractivity contribution >= 4 is 12.0 Å². The lowest BCUT2D eigenvalue weighted by molar-refractivity contribution is -0.210. The van der Waals surface area contributed by atoms with Crippen LogP contribution in [0.2, 0.25) is 0 Å². The van der Waals surface area contributed by atoms with Crippen LogP contribution in [0, 0.1) is 0 Å². The predicted molar refractivity (Wildman–Crippen MR) is 59.1 cm³/mol. The van der Waals surface area contributed by atoms with Crippen LogP contribution in [-0.4, -0.2) is 45.5 Å². The fourth-order valence-electron chi connectivity index (χ4n) is 2.21. The number of nitrogens with two attached hydrogens (primary N) is 1. The van der Waals surface area contributed by atoms with Crippen LogP contribution in [0.3, 0.4) is 0 Å². The average Bonchev–Trinajstić information content (AvgIpc) is 2.89. The zero-order valence-electron chi connectivity index (χ0n) is 9.93. The Balaban J connectivity index is 2.02. The van der Waals surface area contributed by atoms with Crippen LogP contribution in [0.4, 0.5) is 15.0 Å². The molecule has 1 aromatic heterocycles. The fourth-order valence-corrected chi connectivity index (χ4v) is 2.21. The average molecular weight is 287 g/mol. The SMILES string of the molecule is Nc1ccn([C@@H]2O[C@](F)(CO)[C@H]3OC(=O)O[C@@H]23)c(=O)n1. The smallest absolute Gasteiger partial charge is 0.422 e. The highest BCUT2D eigenvalue weighted by Crippen LogP contribution is 2.44. The number of halogens is 1. The summed E-state index contributed by atoms with van der Waals surface area (Å²) in [5.74, 6) is -2.67. The van der Waals surface area contributed by atoms with Crippen LogP contribution in [0.15, 0.2) is 17.1 Å². The summed E-state index contributed by atoms with van der Waals surface area (Å²) in [7, 11) is 0. The normalized spacial score (nSPS) is 35.5. The van der Waals surface area contributed by atoms with E-state index in [1.54, 1.807) is 0 Å². The monoisotopic (exact) mass is 287 g/mol. The molecular weight excluding hydrogens is 277 g/mol. The lowest BCUT2D eigenvalue weighted by atomic mass is 10.1. The van der Waals surface area contributed by atoms with E-state index in [9.17, 15) is 14.0 Å². The second-order valence-corrected chi connectivity index (χ2v) is 4.37. The number of fused-ring (bicyclic) bond motifs is 1. The number of aliphatic hydroxyl groups excluding tert-OH is 1. The zero-order valence-corrected chi connectivity index (χ0v) is 9.93. The second kappa shape index (κ2) is 4.15. The minimum Gasteiger partial charge on any atom is -0.422 e. The molecular formula is C10H10FN3O6. The maximum atomic E-state index is 14.3. The van der Waals surface area contributed by atoms with E-state index in [1.807, 2.05) is 0 Å². The lowest BCUT2D eigenvalue weighted by Crippen LogP contribution is -2.41. The molecule has 0 aromatic carbocycles. The molecule has 0 radical (unpaired) electrons. The molecule has 2 saturated heterocycles. The number of hydrogen-bond donors (Lipinski definition) is 2. The van der Waals surface area contributed by atoms with Crippen LogP contribution in [0.5, 0.6) is 0 Å². The Morgan fingerprint density at radius 2 is 2.25 bits per heavy atom. The van der Waals surface area contributed by atoms with Gasteiger partial charge in [0.05, 0.1) is 0 Å². The van der Waals surface area contributed by atoms with E-state index in [0.29, 0.717) is 0 Å². The van der Waals surface area contributed by atoms with E-state index in [1.165, 1.54) is 12.3 Å². The first-order chi connectivity index (χ1) is 9.44. The molecule has 0 saturated carbocycles. The third kappa shape index (κ3) is 1.72. The summed E-state index contributed by atoms with van der Waals surface area (Å²) >= 11 is 0. The molecule has 3 N–H and O–H groups in total. The Morgan fingerprint density at radius 1 is 1.50 bits per heavy atom. The van der Waals surface area contributed by atoms with Gasteiger partial charge < -0.3 is 25.1 Å². The highest BCUT2D eigenvalue weighted by Gasteiger charge is 2.64. The Hall–Kier alpha value is -2.20. The van der Waals surface area contributed by atoms with Crippen LogP contribution in [-0.2, 0) is 14.2 Å². The summed E-state index contributed by atoms with van der Waals surface area (Å²) in [5.41, 5.74) is 4.54. The molecule has 3 rings (SSSR count). The summed E-state index contributed by atoms with van der Waals surface area (Å²) in [5, 5.41) is 9.07. The number of nitrogens with zero attached hydrogens (tertiary/aromatic N) is 2. The molecule has 0 aliphatic carbocycles. The molecule has 4 atom stereocenters. The third-order valence-electron chi connectivity index (χ3n) is 3.12. The topological polar surface area (TPSA) is 126 Å². The summed E-state index contributed by atoms with van der Waals surface area (Å²) < 4.78 is 29.6. The van der Waals surface area contributed by atoms with Crippen LogP contribution >= 0.6 is 0 Å². The van der Waals surface area contributed by atoms with Crippen molar-refractivity contribution in [1.29, 1.82) is 0 Å². The van der Waals surface area contributed by atoms with E-state index >= 15 is 0 Å². The summed E-state index contributed by atoms with van der Waals surface area (Å²) in [6.07, 6.45) is -3.84. The first kappa shape index (κ1) is 12.8. The van der Waals surface area contributed by atoms with Gasteiger partial charge in [-0.1, -0.05) is 0 Å². The van der Waals surface area contributed by atoms with Gasteiger partial charge in [-0.05, 0) is 6.07 Å². The summed E-state index contributed by atoms with van der Waals surface area (Å²) in [4.78, 5) is 26.3. The molecule has 9 nitrogen and oxygen atoms in total. The molecule has 10 heteroatoms. The number of anilines is 1. The molecule has 108 valence electrons. The van der Waals surface area contributed by atoms with Crippen molar-refractivity contribution in [2.45, 2.75) is 24.3 Å². The number of rotatable bonds is 2. The van der Waals surface area contributed by atoms with E-state index in [-0.39, 0.29) is 5.82 Å². The summed E-state index contributed by atoms with van der Waals surface area (Å²) in [6.45, 7) is -1.06. The van der Waals surface area contributed by atoms with Gasteiger partial charge in [0.1, 0.15) is 12.4 Å². The van der Waals surface area contributed by atoms with Gasteiger partial charge in [-0.2, -0.15) is 4.98 Å². The van der Waals surface area contributed by atoms with Gasteiger partial charge in [-0.3, -0.25) is 4.57 Å². The van der Waals surface area contributed by atoms with Crippen LogP contribution < -0.4 is 11.4 Å². The molecule has 0 amide bonds. The molecule has 1 aromatic rings. The zero-order chi connectivity index (χ0) is 14.5. The van der Waals surface area contributed by atoms with Crippen molar-refractivity contribution in [3.8, 4) is 0 Å². The number of alkyl halides is 1. The molecule has 3 heterocycles. The Labute approximate surface area is 110 Å². The molecule has 20 heavy (non-hydrogen) atoms. The van der Waals surface area contributed by atoms with Gasteiger partial charge in [-0.25, -0.2) is 14.0 Å². The van der Waals surface area contributed by atoms with Crippen molar-refractivity contribution in [2.75, 3.05) is 12.3 Å². The van der Waals surface area contributed by atoms with Gasteiger partial charge in [-0.15, -0.1) is 0 Å². The van der Waals surface area contributed by atoms with E-state index < -0.39 is 42.7 Å². The molecule has 0 unspecified atom stereocenters. The fraction of sp³-hybridized carbons (Fsp3) is 0.500. The summed E-state index contributed by atoms with van der Waals surface area (Å²) in [6, 6.07) is 1.30. The third-order valence-corrected chi connectivity index (χ3v) is 3.12. The standard InChI is InChI=1S/C10H10FN3O6/c11-10(3-15)6-5(18-9(17)19-6)7(20-10)14-2-1-4(12)13-8(14)16/h1-2,5-7,15H,3H2,(H2,12,13,16)/t5-,6+,7-,10-/m1/s1. The first-order valence-electron chi connectivity index (χ1n) is 5.64.